The Morgan fingerprint density at radius 1 is 1.33 bits per heavy atom. The number of furan rings is 1. The number of hydrogen-bond acceptors (Lipinski definition) is 4. The summed E-state index contributed by atoms with van der Waals surface area (Å²) in [6, 6.07) is 3.90. The molecule has 2 unspecified atom stereocenters. The molecule has 1 aliphatic rings. The van der Waals surface area contributed by atoms with Gasteiger partial charge in [0.2, 0.25) is 0 Å². The van der Waals surface area contributed by atoms with E-state index in [1.165, 1.54) is 12.8 Å². The zero-order valence-electron chi connectivity index (χ0n) is 17.1. The Balaban J connectivity index is 0.00000364. The van der Waals surface area contributed by atoms with Gasteiger partial charge in [-0.25, -0.2) is 0 Å². The molecule has 0 aromatic carbocycles. The van der Waals surface area contributed by atoms with E-state index in [1.54, 1.807) is 13.4 Å². The Morgan fingerprint density at radius 3 is 2.74 bits per heavy atom. The summed E-state index contributed by atoms with van der Waals surface area (Å²) in [4.78, 5) is 4.75. The lowest BCUT2D eigenvalue weighted by atomic mass is 9.89. The molecule has 0 saturated carbocycles. The molecule has 1 saturated heterocycles. The molecule has 1 fully saturated rings. The van der Waals surface area contributed by atoms with Gasteiger partial charge < -0.3 is 24.5 Å². The maximum atomic E-state index is 5.81. The first-order valence-electron chi connectivity index (χ1n) is 9.68. The number of guanidine groups is 1. The predicted octanol–water partition coefficient (Wildman–Crippen LogP) is 3.61. The van der Waals surface area contributed by atoms with Gasteiger partial charge in [-0.1, -0.05) is 20.8 Å². The van der Waals surface area contributed by atoms with Gasteiger partial charge in [0, 0.05) is 33.2 Å². The molecule has 1 aromatic heterocycles. The van der Waals surface area contributed by atoms with Crippen LogP contribution >= 0.6 is 24.0 Å². The fourth-order valence-corrected chi connectivity index (χ4v) is 2.99. The molecule has 1 aliphatic heterocycles. The van der Waals surface area contributed by atoms with E-state index in [4.69, 9.17) is 18.9 Å². The van der Waals surface area contributed by atoms with Gasteiger partial charge in [-0.3, -0.25) is 4.99 Å². The van der Waals surface area contributed by atoms with Crippen molar-refractivity contribution in [1.29, 1.82) is 0 Å². The molecule has 2 heterocycles. The normalized spacial score (nSPS) is 19.3. The lowest BCUT2D eigenvalue weighted by molar-refractivity contribution is 0.0190. The second-order valence-corrected chi connectivity index (χ2v) is 7.91. The van der Waals surface area contributed by atoms with Crippen LogP contribution in [0.5, 0.6) is 0 Å². The first kappa shape index (κ1) is 24.2. The minimum absolute atomic E-state index is 0. The molecule has 27 heavy (non-hydrogen) atoms. The maximum Gasteiger partial charge on any atom is 0.191 e. The van der Waals surface area contributed by atoms with Crippen molar-refractivity contribution in [3.8, 4) is 0 Å². The summed E-state index contributed by atoms with van der Waals surface area (Å²) < 4.78 is 16.8. The van der Waals surface area contributed by atoms with Crippen LogP contribution in [0.3, 0.4) is 0 Å². The number of rotatable bonds is 8. The summed E-state index contributed by atoms with van der Waals surface area (Å²) in [5.74, 6) is 1.77. The summed E-state index contributed by atoms with van der Waals surface area (Å²) in [5, 5.41) is 6.82. The van der Waals surface area contributed by atoms with E-state index in [9.17, 15) is 0 Å². The van der Waals surface area contributed by atoms with E-state index in [0.29, 0.717) is 6.54 Å². The van der Waals surface area contributed by atoms with Crippen LogP contribution in [0.2, 0.25) is 0 Å². The van der Waals surface area contributed by atoms with E-state index < -0.39 is 0 Å². The quantitative estimate of drug-likeness (QED) is 0.329. The van der Waals surface area contributed by atoms with Crippen molar-refractivity contribution in [3.05, 3.63) is 24.2 Å². The third-order valence-electron chi connectivity index (χ3n) is 4.68. The van der Waals surface area contributed by atoms with E-state index in [2.05, 4.69) is 31.4 Å². The van der Waals surface area contributed by atoms with Crippen LogP contribution in [0.1, 0.15) is 45.8 Å². The fourth-order valence-electron chi connectivity index (χ4n) is 2.99. The zero-order chi connectivity index (χ0) is 18.8. The number of aliphatic imine (C=N–C) groups is 1. The van der Waals surface area contributed by atoms with Crippen LogP contribution in [0.15, 0.2) is 27.8 Å². The second kappa shape index (κ2) is 12.6. The molecule has 1 aromatic rings. The molecule has 0 bridgehead atoms. The van der Waals surface area contributed by atoms with Crippen molar-refractivity contribution in [2.45, 2.75) is 58.7 Å². The first-order chi connectivity index (χ1) is 12.5. The van der Waals surface area contributed by atoms with E-state index in [1.807, 2.05) is 12.1 Å². The van der Waals surface area contributed by atoms with Crippen molar-refractivity contribution in [2.24, 2.45) is 10.4 Å². The molecule has 7 heteroatoms. The molecular weight excluding hydrogens is 457 g/mol. The van der Waals surface area contributed by atoms with Crippen molar-refractivity contribution < 1.29 is 13.9 Å². The third-order valence-corrected chi connectivity index (χ3v) is 4.68. The van der Waals surface area contributed by atoms with Crippen LogP contribution in [-0.2, 0) is 15.9 Å². The highest BCUT2D eigenvalue weighted by atomic mass is 127. The molecule has 156 valence electrons. The predicted molar refractivity (Wildman–Crippen MR) is 120 cm³/mol. The van der Waals surface area contributed by atoms with Gasteiger partial charge in [0.05, 0.1) is 25.0 Å². The summed E-state index contributed by atoms with van der Waals surface area (Å²) in [6.07, 6.45) is 6.37. The van der Waals surface area contributed by atoms with Gasteiger partial charge in [-0.05, 0) is 36.8 Å². The highest BCUT2D eigenvalue weighted by Crippen LogP contribution is 2.21. The minimum Gasteiger partial charge on any atom is -0.469 e. The van der Waals surface area contributed by atoms with Crippen molar-refractivity contribution >= 4 is 29.9 Å². The van der Waals surface area contributed by atoms with E-state index >= 15 is 0 Å². The van der Waals surface area contributed by atoms with Crippen LogP contribution < -0.4 is 10.6 Å². The molecule has 2 rings (SSSR count). The van der Waals surface area contributed by atoms with Gasteiger partial charge in [0.25, 0.3) is 0 Å². The van der Waals surface area contributed by atoms with Gasteiger partial charge in [0.1, 0.15) is 5.76 Å². The Kier molecular flexibility index (Phi) is 11.3. The molecule has 2 atom stereocenters. The monoisotopic (exact) mass is 493 g/mol. The zero-order valence-corrected chi connectivity index (χ0v) is 19.5. The molecule has 0 radical (unpaired) electrons. The van der Waals surface area contributed by atoms with Gasteiger partial charge in [-0.2, -0.15) is 0 Å². The van der Waals surface area contributed by atoms with Gasteiger partial charge in [-0.15, -0.1) is 24.0 Å². The summed E-state index contributed by atoms with van der Waals surface area (Å²) in [6.45, 7) is 9.53. The van der Waals surface area contributed by atoms with Crippen LogP contribution in [0.25, 0.3) is 0 Å². The highest BCUT2D eigenvalue weighted by Gasteiger charge is 2.24. The molecule has 0 spiro atoms. The molecule has 0 amide bonds. The average molecular weight is 493 g/mol. The number of hydrogen-bond donors (Lipinski definition) is 2. The number of nitrogens with zero attached hydrogens (tertiary/aromatic N) is 1. The smallest absolute Gasteiger partial charge is 0.191 e. The highest BCUT2D eigenvalue weighted by molar-refractivity contribution is 14.0. The van der Waals surface area contributed by atoms with Crippen molar-refractivity contribution in [3.63, 3.8) is 0 Å². The molecule has 0 aliphatic carbocycles. The lowest BCUT2D eigenvalue weighted by Gasteiger charge is -2.28. The number of halogens is 1. The Labute approximate surface area is 180 Å². The Morgan fingerprint density at radius 2 is 2.15 bits per heavy atom. The first-order valence-corrected chi connectivity index (χ1v) is 9.68. The SMILES string of the molecule is COC(CN=C(NCCc1ccco1)NCC1CCCCO1)C(C)(C)C.I. The largest absolute Gasteiger partial charge is 0.469 e. The molecule has 2 N–H and O–H groups in total. The molecular formula is C20H36IN3O3. The maximum absolute atomic E-state index is 5.81. The number of ether oxygens (including phenoxy) is 2. The summed E-state index contributed by atoms with van der Waals surface area (Å²) >= 11 is 0. The Bertz CT molecular complexity index is 523. The average Bonchev–Trinajstić information content (AvgIpc) is 3.12. The number of nitrogens with one attached hydrogen (secondary N) is 2. The lowest BCUT2D eigenvalue weighted by Crippen LogP contribution is -2.44. The topological polar surface area (TPSA) is 68.0 Å². The number of methoxy groups -OCH3 is 1. The van der Waals surface area contributed by atoms with Crippen LogP contribution in [0, 0.1) is 5.41 Å². The van der Waals surface area contributed by atoms with E-state index in [-0.39, 0.29) is 41.6 Å². The van der Waals surface area contributed by atoms with Crippen molar-refractivity contribution in [1.82, 2.24) is 10.6 Å². The fraction of sp³-hybridized carbons (Fsp3) is 0.750. The summed E-state index contributed by atoms with van der Waals surface area (Å²) in [5.41, 5.74) is 0.0456. The molecule has 6 nitrogen and oxygen atoms in total. The van der Waals surface area contributed by atoms with Crippen molar-refractivity contribution in [2.75, 3.05) is 33.4 Å². The summed E-state index contributed by atoms with van der Waals surface area (Å²) in [7, 11) is 1.75. The van der Waals surface area contributed by atoms with E-state index in [0.717, 1.165) is 44.3 Å². The van der Waals surface area contributed by atoms with Crippen LogP contribution in [-0.4, -0.2) is 51.5 Å². The second-order valence-electron chi connectivity index (χ2n) is 7.91. The van der Waals surface area contributed by atoms with Crippen LogP contribution in [0.4, 0.5) is 0 Å². The Hall–Kier alpha value is -0.800. The van der Waals surface area contributed by atoms with Gasteiger partial charge >= 0.3 is 0 Å². The third kappa shape index (κ3) is 9.30. The minimum atomic E-state index is 0. The standard InChI is InChI=1S/C20H35N3O3.HI/c1-20(2,3)18(24-4)15-23-19(21-11-10-16-9-7-13-25-16)22-14-17-8-5-6-12-26-17;/h7,9,13,17-18H,5-6,8,10-12,14-15H2,1-4H3,(H2,21,22,23);1H. The van der Waals surface area contributed by atoms with Gasteiger partial charge in [0.15, 0.2) is 5.96 Å².